The molecule has 0 aliphatic heterocycles. The molecule has 0 spiro atoms. The van der Waals surface area contributed by atoms with Gasteiger partial charge in [-0.3, -0.25) is 9.19 Å². The fourth-order valence-corrected chi connectivity index (χ4v) is 1.24. The summed E-state index contributed by atoms with van der Waals surface area (Å²) in [6, 6.07) is 1.62. The maximum Gasteiger partial charge on any atom is 0.0515 e. The minimum absolute atomic E-state index is 0.579. The lowest BCUT2D eigenvalue weighted by atomic mass is 10.2. The molecule has 0 bridgehead atoms. The minimum atomic E-state index is -2.26. The predicted octanol–water partition coefficient (Wildman–Crippen LogP) is 0.904. The van der Waals surface area contributed by atoms with E-state index in [1.807, 2.05) is 13.8 Å². The number of nitrogens with one attached hydrogen (secondary N) is 1. The van der Waals surface area contributed by atoms with Gasteiger partial charge in [-0.25, -0.2) is 0 Å². The molecule has 5 heteroatoms. The second-order valence-corrected chi connectivity index (χ2v) is 3.08. The van der Waals surface area contributed by atoms with Gasteiger partial charge >= 0.3 is 0 Å². The van der Waals surface area contributed by atoms with Gasteiger partial charge < -0.3 is 9.27 Å². The minimum Gasteiger partial charge on any atom is -0.755 e. The number of aryl methyl sites for hydroxylation is 1. The molecule has 1 atom stereocenters. The van der Waals surface area contributed by atoms with Crippen molar-refractivity contribution in [1.29, 1.82) is 0 Å². The second-order valence-electron chi connectivity index (χ2n) is 2.41. The molecular formula is C7H9N2O2S-. The summed E-state index contributed by atoms with van der Waals surface area (Å²) < 4.78 is 22.9. The van der Waals surface area contributed by atoms with Gasteiger partial charge in [-0.15, -0.1) is 0 Å². The number of hydrogen-bond acceptors (Lipinski definition) is 3. The van der Waals surface area contributed by atoms with Crippen LogP contribution in [-0.2, 0) is 11.3 Å². The van der Waals surface area contributed by atoms with E-state index >= 15 is 0 Å². The molecular weight excluding hydrogens is 176 g/mol. The van der Waals surface area contributed by atoms with Gasteiger partial charge in [0.25, 0.3) is 0 Å². The Balaban J connectivity index is 3.00. The van der Waals surface area contributed by atoms with Crippen LogP contribution in [0.4, 0.5) is 5.69 Å². The highest BCUT2D eigenvalue weighted by atomic mass is 32.2. The van der Waals surface area contributed by atoms with Crippen LogP contribution in [0.15, 0.2) is 12.3 Å². The Morgan fingerprint density at radius 1 is 1.58 bits per heavy atom. The van der Waals surface area contributed by atoms with Crippen molar-refractivity contribution < 1.29 is 8.76 Å². The van der Waals surface area contributed by atoms with Crippen molar-refractivity contribution in [1.82, 2.24) is 4.98 Å². The molecule has 12 heavy (non-hydrogen) atoms. The Morgan fingerprint density at radius 3 is 2.83 bits per heavy atom. The van der Waals surface area contributed by atoms with Gasteiger partial charge in [0.15, 0.2) is 0 Å². The summed E-state index contributed by atoms with van der Waals surface area (Å²) in [4.78, 5) is 4.01. The van der Waals surface area contributed by atoms with E-state index in [0.717, 1.165) is 11.3 Å². The molecule has 0 fully saturated rings. The van der Waals surface area contributed by atoms with Gasteiger partial charge in [-0.2, -0.15) is 0 Å². The van der Waals surface area contributed by atoms with E-state index in [0.29, 0.717) is 5.69 Å². The van der Waals surface area contributed by atoms with Crippen LogP contribution in [0.25, 0.3) is 0 Å². The molecule has 0 aliphatic carbocycles. The average molecular weight is 185 g/mol. The zero-order valence-electron chi connectivity index (χ0n) is 6.83. The third kappa shape index (κ3) is 2.02. The van der Waals surface area contributed by atoms with Crippen LogP contribution >= 0.6 is 0 Å². The van der Waals surface area contributed by atoms with Crippen molar-refractivity contribution in [2.24, 2.45) is 0 Å². The molecule has 1 heterocycles. The van der Waals surface area contributed by atoms with Gasteiger partial charge in [0.1, 0.15) is 0 Å². The first-order valence-electron chi connectivity index (χ1n) is 3.39. The normalized spacial score (nSPS) is 12.6. The van der Waals surface area contributed by atoms with Crippen molar-refractivity contribution in [3.8, 4) is 0 Å². The zero-order valence-corrected chi connectivity index (χ0v) is 7.64. The highest BCUT2D eigenvalue weighted by Crippen LogP contribution is 2.15. The molecule has 4 nitrogen and oxygen atoms in total. The Labute approximate surface area is 73.4 Å². The summed E-state index contributed by atoms with van der Waals surface area (Å²) in [5, 5.41) is 0. The van der Waals surface area contributed by atoms with E-state index in [4.69, 9.17) is 0 Å². The third-order valence-electron chi connectivity index (χ3n) is 1.65. The maximum atomic E-state index is 10.3. The van der Waals surface area contributed by atoms with E-state index in [1.54, 1.807) is 12.3 Å². The molecule has 0 saturated heterocycles. The quantitative estimate of drug-likeness (QED) is 0.696. The van der Waals surface area contributed by atoms with Gasteiger partial charge in [-0.1, -0.05) is 0 Å². The predicted molar refractivity (Wildman–Crippen MR) is 46.3 cm³/mol. The highest BCUT2D eigenvalue weighted by Gasteiger charge is 1.99. The Hall–Kier alpha value is -0.940. The first-order chi connectivity index (χ1) is 5.61. The average Bonchev–Trinajstić information content (AvgIpc) is 1.98. The second kappa shape index (κ2) is 3.64. The monoisotopic (exact) mass is 185 g/mol. The summed E-state index contributed by atoms with van der Waals surface area (Å²) >= 11 is -2.26. The van der Waals surface area contributed by atoms with Crippen molar-refractivity contribution >= 4 is 17.0 Å². The van der Waals surface area contributed by atoms with Crippen LogP contribution in [0.5, 0.6) is 0 Å². The van der Waals surface area contributed by atoms with Crippen LogP contribution in [0, 0.1) is 13.8 Å². The van der Waals surface area contributed by atoms with E-state index < -0.39 is 11.3 Å². The number of hydrogen-bond donors (Lipinski definition) is 1. The molecule has 0 amide bonds. The first kappa shape index (κ1) is 9.15. The van der Waals surface area contributed by atoms with Crippen molar-refractivity contribution in [3.05, 3.63) is 23.5 Å². The van der Waals surface area contributed by atoms with Gasteiger partial charge in [0.2, 0.25) is 0 Å². The van der Waals surface area contributed by atoms with Crippen LogP contribution < -0.4 is 4.72 Å². The molecule has 66 valence electrons. The molecule has 1 aromatic rings. The van der Waals surface area contributed by atoms with Crippen LogP contribution in [0.1, 0.15) is 11.3 Å². The number of pyridine rings is 1. The van der Waals surface area contributed by atoms with E-state index in [1.165, 1.54) is 0 Å². The lowest BCUT2D eigenvalue weighted by Gasteiger charge is -2.11. The van der Waals surface area contributed by atoms with Crippen molar-refractivity contribution in [2.75, 3.05) is 4.72 Å². The number of aromatic nitrogens is 1. The molecule has 1 unspecified atom stereocenters. The molecule has 0 radical (unpaired) electrons. The van der Waals surface area contributed by atoms with Crippen LogP contribution in [-0.4, -0.2) is 13.7 Å². The SMILES string of the molecule is Cc1nccc(NS(=O)[O-])c1C. The fourth-order valence-electron chi connectivity index (χ4n) is 0.841. The van der Waals surface area contributed by atoms with Crippen LogP contribution in [0.2, 0.25) is 0 Å². The fraction of sp³-hybridized carbons (Fsp3) is 0.286. The van der Waals surface area contributed by atoms with Crippen molar-refractivity contribution in [3.63, 3.8) is 0 Å². The van der Waals surface area contributed by atoms with Gasteiger partial charge in [0.05, 0.1) is 5.69 Å². The van der Waals surface area contributed by atoms with E-state index in [2.05, 4.69) is 9.71 Å². The highest BCUT2D eigenvalue weighted by molar-refractivity contribution is 7.80. The Morgan fingerprint density at radius 2 is 2.25 bits per heavy atom. The van der Waals surface area contributed by atoms with Crippen LogP contribution in [0.3, 0.4) is 0 Å². The molecule has 0 saturated carbocycles. The largest absolute Gasteiger partial charge is 0.755 e. The smallest absolute Gasteiger partial charge is 0.0515 e. The van der Waals surface area contributed by atoms with Crippen molar-refractivity contribution in [2.45, 2.75) is 13.8 Å². The summed E-state index contributed by atoms with van der Waals surface area (Å²) in [6.07, 6.45) is 1.57. The van der Waals surface area contributed by atoms with E-state index in [-0.39, 0.29) is 0 Å². The Bertz CT molecular complexity index is 314. The van der Waals surface area contributed by atoms with E-state index in [9.17, 15) is 8.76 Å². The third-order valence-corrected chi connectivity index (χ3v) is 2.04. The number of rotatable bonds is 2. The molecule has 1 aromatic heterocycles. The standard InChI is InChI=1S/C7H10N2O2S/c1-5-6(2)8-4-3-7(5)9-12(10)11/h3-4H,1-2H3,(H,8,9)(H,10,11)/p-1. The van der Waals surface area contributed by atoms with Gasteiger partial charge in [-0.05, 0) is 25.5 Å². The summed E-state index contributed by atoms with van der Waals surface area (Å²) in [6.45, 7) is 3.64. The first-order valence-corrected chi connectivity index (χ1v) is 4.47. The number of anilines is 1. The lowest BCUT2D eigenvalue weighted by Crippen LogP contribution is -2.04. The zero-order chi connectivity index (χ0) is 9.14. The van der Waals surface area contributed by atoms with Gasteiger partial charge in [0, 0.05) is 23.2 Å². The lowest BCUT2D eigenvalue weighted by molar-refractivity contribution is 0.542. The molecule has 1 N–H and O–H groups in total. The summed E-state index contributed by atoms with van der Waals surface area (Å²) in [5.41, 5.74) is 2.25. The maximum absolute atomic E-state index is 10.3. The summed E-state index contributed by atoms with van der Waals surface area (Å²) in [5.74, 6) is 0. The molecule has 0 aliphatic rings. The summed E-state index contributed by atoms with van der Waals surface area (Å²) in [7, 11) is 0. The molecule has 0 aromatic carbocycles. The molecule has 1 rings (SSSR count). The number of nitrogens with zero attached hydrogens (tertiary/aromatic N) is 1. The topological polar surface area (TPSA) is 65.0 Å². The Kier molecular flexibility index (Phi) is 2.78.